The minimum atomic E-state index is -0.321. The maximum Gasteiger partial charge on any atom is 0.261 e. The molecule has 0 fully saturated rings. The Balaban J connectivity index is 1.29. The van der Waals surface area contributed by atoms with Gasteiger partial charge in [-0.15, -0.1) is 11.3 Å². The van der Waals surface area contributed by atoms with Crippen LogP contribution in [-0.2, 0) is 0 Å². The smallest absolute Gasteiger partial charge is 0.261 e. The van der Waals surface area contributed by atoms with Gasteiger partial charge in [-0.05, 0) is 78.4 Å². The van der Waals surface area contributed by atoms with Crippen molar-refractivity contribution in [1.82, 2.24) is 10.3 Å². The fraction of sp³-hybridized carbons (Fsp3) is 0.0741. The highest BCUT2D eigenvalue weighted by atomic mass is 32.1. The van der Waals surface area contributed by atoms with Gasteiger partial charge in [-0.2, -0.15) is 0 Å². The molecule has 7 heteroatoms. The molecule has 0 aliphatic carbocycles. The van der Waals surface area contributed by atoms with Crippen molar-refractivity contribution in [2.75, 3.05) is 11.9 Å². The van der Waals surface area contributed by atoms with Gasteiger partial charge in [0, 0.05) is 11.3 Å². The Morgan fingerprint density at radius 3 is 2.41 bits per heavy atom. The van der Waals surface area contributed by atoms with E-state index in [1.54, 1.807) is 11.3 Å². The minimum Gasteiger partial charge on any atom is -0.493 e. The number of nitrogens with zero attached hydrogens (tertiary/aromatic N) is 1. The standard InChI is InChI=1S/C27H21N3O2S2/c1-2-32-23-16-19-8-4-3-7-18(19)15-21(23)25(31)30-27(33)28-20-13-11-17(12-14-20)26-29-22-9-5-6-10-24(22)34-26/h3-16H,2H2,1H3,(H2,28,30,31,33). The molecule has 0 atom stereocenters. The van der Waals surface area contributed by atoms with Crippen LogP contribution in [0.15, 0.2) is 84.9 Å². The first-order valence-electron chi connectivity index (χ1n) is 10.8. The van der Waals surface area contributed by atoms with Crippen molar-refractivity contribution in [3.05, 3.63) is 90.5 Å². The topological polar surface area (TPSA) is 63.2 Å². The van der Waals surface area contributed by atoms with Crippen molar-refractivity contribution in [2.24, 2.45) is 0 Å². The number of thiazole rings is 1. The molecule has 0 aliphatic heterocycles. The predicted octanol–water partition coefficient (Wildman–Crippen LogP) is 6.64. The van der Waals surface area contributed by atoms with Crippen molar-refractivity contribution >= 4 is 61.3 Å². The summed E-state index contributed by atoms with van der Waals surface area (Å²) in [5.74, 6) is 0.208. The normalized spacial score (nSPS) is 10.9. The molecule has 0 spiro atoms. The van der Waals surface area contributed by atoms with E-state index in [9.17, 15) is 4.79 Å². The van der Waals surface area contributed by atoms with E-state index in [0.29, 0.717) is 17.9 Å². The molecule has 0 bridgehead atoms. The lowest BCUT2D eigenvalue weighted by molar-refractivity contribution is 0.0974. The van der Waals surface area contributed by atoms with E-state index in [-0.39, 0.29) is 11.0 Å². The van der Waals surface area contributed by atoms with Gasteiger partial charge in [0.15, 0.2) is 5.11 Å². The van der Waals surface area contributed by atoms with Gasteiger partial charge in [0.2, 0.25) is 0 Å². The number of thiocarbonyl (C=S) groups is 1. The van der Waals surface area contributed by atoms with Crippen molar-refractivity contribution in [3.8, 4) is 16.3 Å². The summed E-state index contributed by atoms with van der Waals surface area (Å²) in [4.78, 5) is 17.7. The number of fused-ring (bicyclic) bond motifs is 2. The zero-order chi connectivity index (χ0) is 23.5. The predicted molar refractivity (Wildman–Crippen MR) is 144 cm³/mol. The molecule has 1 amide bonds. The molecule has 5 nitrogen and oxygen atoms in total. The molecule has 5 aromatic rings. The third kappa shape index (κ3) is 4.62. The fourth-order valence-corrected chi connectivity index (χ4v) is 4.88. The summed E-state index contributed by atoms with van der Waals surface area (Å²) in [5, 5.41) is 8.99. The monoisotopic (exact) mass is 483 g/mol. The zero-order valence-electron chi connectivity index (χ0n) is 18.4. The summed E-state index contributed by atoms with van der Waals surface area (Å²) < 4.78 is 6.87. The molecule has 5 rings (SSSR count). The Bertz CT molecular complexity index is 1480. The lowest BCUT2D eigenvalue weighted by Crippen LogP contribution is -2.34. The van der Waals surface area contributed by atoms with Crippen molar-refractivity contribution in [3.63, 3.8) is 0 Å². The molecule has 0 saturated carbocycles. The van der Waals surface area contributed by atoms with E-state index in [2.05, 4.69) is 16.7 Å². The molecule has 2 N–H and O–H groups in total. The van der Waals surface area contributed by atoms with Gasteiger partial charge in [-0.3, -0.25) is 10.1 Å². The molecular weight excluding hydrogens is 462 g/mol. The number of para-hydroxylation sites is 1. The number of carbonyl (C=O) groups is 1. The quantitative estimate of drug-likeness (QED) is 0.274. The second-order valence-corrected chi connectivity index (χ2v) is 9.04. The van der Waals surface area contributed by atoms with Gasteiger partial charge in [0.1, 0.15) is 10.8 Å². The number of nitrogens with one attached hydrogen (secondary N) is 2. The summed E-state index contributed by atoms with van der Waals surface area (Å²) in [5.41, 5.74) is 3.24. The van der Waals surface area contributed by atoms with Crippen LogP contribution < -0.4 is 15.4 Å². The molecule has 0 unspecified atom stereocenters. The molecule has 0 saturated heterocycles. The first-order valence-corrected chi connectivity index (χ1v) is 12.1. The fourth-order valence-electron chi connectivity index (χ4n) is 3.70. The zero-order valence-corrected chi connectivity index (χ0v) is 20.0. The van der Waals surface area contributed by atoms with Crippen molar-refractivity contribution in [1.29, 1.82) is 0 Å². The number of ether oxygens (including phenoxy) is 1. The molecule has 34 heavy (non-hydrogen) atoms. The second kappa shape index (κ2) is 9.59. The van der Waals surface area contributed by atoms with Crippen LogP contribution in [-0.4, -0.2) is 22.6 Å². The summed E-state index contributed by atoms with van der Waals surface area (Å²) >= 11 is 7.05. The summed E-state index contributed by atoms with van der Waals surface area (Å²) in [6.07, 6.45) is 0. The maximum absolute atomic E-state index is 13.0. The molecule has 168 valence electrons. The van der Waals surface area contributed by atoms with Crippen molar-refractivity contribution < 1.29 is 9.53 Å². The number of anilines is 1. The lowest BCUT2D eigenvalue weighted by atomic mass is 10.1. The molecule has 1 aromatic heterocycles. The highest BCUT2D eigenvalue weighted by Gasteiger charge is 2.16. The Kier molecular flexibility index (Phi) is 6.20. The van der Waals surface area contributed by atoms with Gasteiger partial charge < -0.3 is 10.1 Å². The SMILES string of the molecule is CCOc1cc2ccccc2cc1C(=O)NC(=S)Nc1ccc(-c2nc3ccccc3s2)cc1. The van der Waals surface area contributed by atoms with Crippen LogP contribution in [0.1, 0.15) is 17.3 Å². The Morgan fingerprint density at radius 2 is 1.68 bits per heavy atom. The Morgan fingerprint density at radius 1 is 0.971 bits per heavy atom. The van der Waals surface area contributed by atoms with Crippen molar-refractivity contribution in [2.45, 2.75) is 6.92 Å². The van der Waals surface area contributed by atoms with Crippen LogP contribution >= 0.6 is 23.6 Å². The summed E-state index contributed by atoms with van der Waals surface area (Å²) in [6.45, 7) is 2.35. The number of amides is 1. The number of rotatable bonds is 5. The first-order chi connectivity index (χ1) is 16.6. The Labute approximate surface area is 206 Å². The second-order valence-electron chi connectivity index (χ2n) is 7.60. The van der Waals surface area contributed by atoms with E-state index in [0.717, 1.165) is 37.2 Å². The van der Waals surface area contributed by atoms with Gasteiger partial charge in [0.25, 0.3) is 5.91 Å². The third-order valence-electron chi connectivity index (χ3n) is 5.30. The number of carbonyl (C=O) groups excluding carboxylic acids is 1. The maximum atomic E-state index is 13.0. The highest BCUT2D eigenvalue weighted by molar-refractivity contribution is 7.80. The Hall–Kier alpha value is -3.81. The van der Waals surface area contributed by atoms with Crippen LogP contribution in [0.25, 0.3) is 31.6 Å². The van der Waals surface area contributed by atoms with Gasteiger partial charge in [-0.25, -0.2) is 4.98 Å². The molecule has 4 aromatic carbocycles. The summed E-state index contributed by atoms with van der Waals surface area (Å²) in [7, 11) is 0. The largest absolute Gasteiger partial charge is 0.493 e. The van der Waals surface area contributed by atoms with E-state index in [4.69, 9.17) is 21.9 Å². The number of benzene rings is 4. The summed E-state index contributed by atoms with van der Waals surface area (Å²) in [6, 6.07) is 27.5. The highest BCUT2D eigenvalue weighted by Crippen LogP contribution is 2.30. The van der Waals surface area contributed by atoms with Gasteiger partial charge in [-0.1, -0.05) is 36.4 Å². The van der Waals surface area contributed by atoms with E-state index >= 15 is 0 Å². The first kappa shape index (κ1) is 22.0. The van der Waals surface area contributed by atoms with Crippen LogP contribution in [0.4, 0.5) is 5.69 Å². The number of hydrogen-bond donors (Lipinski definition) is 2. The third-order valence-corrected chi connectivity index (χ3v) is 6.59. The molecular formula is C27H21N3O2S2. The van der Waals surface area contributed by atoms with Crippen LogP contribution in [0, 0.1) is 0 Å². The molecule has 1 heterocycles. The van der Waals surface area contributed by atoms with E-state index in [1.807, 2.05) is 85.8 Å². The van der Waals surface area contributed by atoms with Crippen LogP contribution in [0.3, 0.4) is 0 Å². The lowest BCUT2D eigenvalue weighted by Gasteiger charge is -2.14. The molecule has 0 aliphatic rings. The molecule has 0 radical (unpaired) electrons. The van der Waals surface area contributed by atoms with E-state index in [1.165, 1.54) is 0 Å². The van der Waals surface area contributed by atoms with Gasteiger partial charge >= 0.3 is 0 Å². The average Bonchev–Trinajstić information content (AvgIpc) is 3.28. The number of hydrogen-bond acceptors (Lipinski definition) is 5. The van der Waals surface area contributed by atoms with Crippen LogP contribution in [0.2, 0.25) is 0 Å². The van der Waals surface area contributed by atoms with Gasteiger partial charge in [0.05, 0.1) is 22.4 Å². The van der Waals surface area contributed by atoms with E-state index < -0.39 is 0 Å². The minimum absolute atomic E-state index is 0.216. The number of aromatic nitrogens is 1. The average molecular weight is 484 g/mol. The van der Waals surface area contributed by atoms with Crippen LogP contribution in [0.5, 0.6) is 5.75 Å².